The molecule has 0 aliphatic carbocycles. The van der Waals surface area contributed by atoms with E-state index in [0.717, 1.165) is 33.7 Å². The van der Waals surface area contributed by atoms with Gasteiger partial charge in [-0.2, -0.15) is 0 Å². The third-order valence-corrected chi connectivity index (χ3v) is 3.89. The van der Waals surface area contributed by atoms with E-state index in [1.165, 1.54) is 0 Å². The van der Waals surface area contributed by atoms with E-state index < -0.39 is 0 Å². The van der Waals surface area contributed by atoms with Crippen LogP contribution in [0.2, 0.25) is 0 Å². The lowest BCUT2D eigenvalue weighted by molar-refractivity contribution is 0.419. The van der Waals surface area contributed by atoms with Crippen molar-refractivity contribution in [3.63, 3.8) is 0 Å². The average molecular weight is 316 g/mol. The van der Waals surface area contributed by atoms with E-state index in [0.29, 0.717) is 5.82 Å². The van der Waals surface area contributed by atoms with E-state index >= 15 is 0 Å². The lowest BCUT2D eigenvalue weighted by Crippen LogP contribution is -1.91. The summed E-state index contributed by atoms with van der Waals surface area (Å²) in [6, 6.07) is 15.8. The van der Waals surface area contributed by atoms with Crippen molar-refractivity contribution >= 4 is 28.7 Å². The summed E-state index contributed by atoms with van der Waals surface area (Å²) in [5.74, 6) is 1.46. The van der Waals surface area contributed by atoms with Gasteiger partial charge in [-0.3, -0.25) is 0 Å². The van der Waals surface area contributed by atoms with Crippen molar-refractivity contribution in [2.24, 2.45) is 0 Å². The van der Waals surface area contributed by atoms with Gasteiger partial charge >= 0.3 is 0 Å². The van der Waals surface area contributed by atoms with Gasteiger partial charge in [-0.1, -0.05) is 18.2 Å². The smallest absolute Gasteiger partial charge is 0.175 e. The summed E-state index contributed by atoms with van der Waals surface area (Å²) in [5.41, 5.74) is 3.58. The van der Waals surface area contributed by atoms with E-state index in [1.807, 2.05) is 72.1 Å². The van der Waals surface area contributed by atoms with Crippen LogP contribution in [0.3, 0.4) is 0 Å². The number of para-hydroxylation sites is 1. The fourth-order valence-electron chi connectivity index (χ4n) is 2.70. The van der Waals surface area contributed by atoms with Gasteiger partial charge in [0.05, 0.1) is 18.3 Å². The molecular formula is C19H16N4O. The van der Waals surface area contributed by atoms with Crippen LogP contribution in [0, 0.1) is 6.92 Å². The Bertz CT molecular complexity index is 1070. The fourth-order valence-corrected chi connectivity index (χ4v) is 2.70. The first-order valence-electron chi connectivity index (χ1n) is 7.69. The van der Waals surface area contributed by atoms with Gasteiger partial charge in [0.25, 0.3) is 0 Å². The number of pyridine rings is 2. The summed E-state index contributed by atoms with van der Waals surface area (Å²) in [6.07, 6.45) is 3.77. The molecule has 3 aromatic heterocycles. The van der Waals surface area contributed by atoms with Crippen LogP contribution < -0.4 is 4.74 Å². The molecule has 0 atom stereocenters. The maximum Gasteiger partial charge on any atom is 0.175 e. The Hall–Kier alpha value is -3.21. The number of methoxy groups -OCH3 is 1. The highest BCUT2D eigenvalue weighted by atomic mass is 16.5. The molecule has 3 heterocycles. The minimum atomic E-state index is 0.651. The fraction of sp³-hybridized carbons (Fsp3) is 0.105. The van der Waals surface area contributed by atoms with Crippen LogP contribution in [0.25, 0.3) is 28.7 Å². The standard InChI is InChI=1S/C19H16N4O/c1-13-6-5-9-19-21-18(22-23(13)19)11-10-14-12-17(24-2)15-7-3-4-8-16(15)20-14/h3-12H,1-2H3/b11-10+. The number of hydrogen-bond acceptors (Lipinski definition) is 4. The van der Waals surface area contributed by atoms with Crippen molar-refractivity contribution in [2.75, 3.05) is 7.11 Å². The maximum atomic E-state index is 5.47. The lowest BCUT2D eigenvalue weighted by atomic mass is 10.2. The quantitative estimate of drug-likeness (QED) is 0.577. The highest BCUT2D eigenvalue weighted by Crippen LogP contribution is 2.25. The molecule has 0 radical (unpaired) electrons. The Labute approximate surface area is 139 Å². The molecule has 0 amide bonds. The number of ether oxygens (including phenoxy) is 1. The average Bonchev–Trinajstić information content (AvgIpc) is 3.04. The van der Waals surface area contributed by atoms with Crippen LogP contribution >= 0.6 is 0 Å². The van der Waals surface area contributed by atoms with Gasteiger partial charge in [-0.25, -0.2) is 14.5 Å². The summed E-state index contributed by atoms with van der Waals surface area (Å²) >= 11 is 0. The zero-order valence-corrected chi connectivity index (χ0v) is 13.5. The molecule has 0 aliphatic heterocycles. The van der Waals surface area contributed by atoms with Gasteiger partial charge in [0.2, 0.25) is 0 Å². The van der Waals surface area contributed by atoms with Crippen molar-refractivity contribution in [3.05, 3.63) is 65.7 Å². The number of aryl methyl sites for hydroxylation is 1. The Morgan fingerprint density at radius 1 is 1.00 bits per heavy atom. The molecular weight excluding hydrogens is 300 g/mol. The lowest BCUT2D eigenvalue weighted by Gasteiger charge is -2.06. The van der Waals surface area contributed by atoms with Crippen LogP contribution in [0.5, 0.6) is 5.75 Å². The SMILES string of the molecule is COc1cc(/C=C/c2nc3cccc(C)n3n2)nc2ccccc12. The van der Waals surface area contributed by atoms with E-state index in [9.17, 15) is 0 Å². The monoisotopic (exact) mass is 316 g/mol. The van der Waals surface area contributed by atoms with Crippen LogP contribution in [-0.4, -0.2) is 26.7 Å². The van der Waals surface area contributed by atoms with Crippen molar-refractivity contribution in [1.82, 2.24) is 19.6 Å². The second kappa shape index (κ2) is 5.77. The minimum absolute atomic E-state index is 0.651. The van der Waals surface area contributed by atoms with E-state index in [1.54, 1.807) is 7.11 Å². The van der Waals surface area contributed by atoms with E-state index in [4.69, 9.17) is 4.74 Å². The minimum Gasteiger partial charge on any atom is -0.496 e. The molecule has 0 unspecified atom stereocenters. The predicted octanol–water partition coefficient (Wildman–Crippen LogP) is 3.76. The number of hydrogen-bond donors (Lipinski definition) is 0. The van der Waals surface area contributed by atoms with Crippen LogP contribution in [0.1, 0.15) is 17.2 Å². The molecule has 0 N–H and O–H groups in total. The molecule has 0 aliphatic rings. The van der Waals surface area contributed by atoms with Gasteiger partial charge < -0.3 is 4.74 Å². The number of benzene rings is 1. The molecule has 0 saturated carbocycles. The van der Waals surface area contributed by atoms with Gasteiger partial charge in [0.15, 0.2) is 11.5 Å². The van der Waals surface area contributed by atoms with E-state index in [2.05, 4.69) is 15.1 Å². The van der Waals surface area contributed by atoms with Gasteiger partial charge in [-0.15, -0.1) is 5.10 Å². The highest BCUT2D eigenvalue weighted by molar-refractivity contribution is 5.86. The third-order valence-electron chi connectivity index (χ3n) is 3.89. The molecule has 0 saturated heterocycles. The summed E-state index contributed by atoms with van der Waals surface area (Å²) in [7, 11) is 1.67. The second-order valence-electron chi connectivity index (χ2n) is 5.51. The van der Waals surface area contributed by atoms with Crippen molar-refractivity contribution in [2.45, 2.75) is 6.92 Å². The molecule has 5 nitrogen and oxygen atoms in total. The third kappa shape index (κ3) is 2.50. The first-order chi connectivity index (χ1) is 11.7. The zero-order valence-electron chi connectivity index (χ0n) is 13.5. The molecule has 0 spiro atoms. The molecule has 4 aromatic rings. The molecule has 118 valence electrons. The Balaban J connectivity index is 1.74. The topological polar surface area (TPSA) is 52.3 Å². The van der Waals surface area contributed by atoms with Gasteiger partial charge in [-0.05, 0) is 43.3 Å². The van der Waals surface area contributed by atoms with Crippen molar-refractivity contribution < 1.29 is 4.74 Å². The molecule has 5 heteroatoms. The van der Waals surface area contributed by atoms with Gasteiger partial charge in [0.1, 0.15) is 5.75 Å². The van der Waals surface area contributed by atoms with Crippen LogP contribution in [-0.2, 0) is 0 Å². The molecule has 1 aromatic carbocycles. The highest BCUT2D eigenvalue weighted by Gasteiger charge is 2.05. The number of fused-ring (bicyclic) bond motifs is 2. The Morgan fingerprint density at radius 3 is 2.71 bits per heavy atom. The molecule has 0 fully saturated rings. The molecule has 24 heavy (non-hydrogen) atoms. The van der Waals surface area contributed by atoms with E-state index in [-0.39, 0.29) is 0 Å². The van der Waals surface area contributed by atoms with Crippen LogP contribution in [0.15, 0.2) is 48.5 Å². The molecule has 0 bridgehead atoms. The van der Waals surface area contributed by atoms with Crippen molar-refractivity contribution in [3.8, 4) is 5.75 Å². The summed E-state index contributed by atoms with van der Waals surface area (Å²) < 4.78 is 7.30. The maximum absolute atomic E-state index is 5.47. The summed E-state index contributed by atoms with van der Waals surface area (Å²) in [5, 5.41) is 5.49. The number of aromatic nitrogens is 4. The zero-order chi connectivity index (χ0) is 16.5. The Morgan fingerprint density at radius 2 is 1.88 bits per heavy atom. The summed E-state index contributed by atoms with van der Waals surface area (Å²) in [4.78, 5) is 9.14. The first-order valence-corrected chi connectivity index (χ1v) is 7.69. The first kappa shape index (κ1) is 14.4. The summed E-state index contributed by atoms with van der Waals surface area (Å²) in [6.45, 7) is 2.00. The largest absolute Gasteiger partial charge is 0.496 e. The van der Waals surface area contributed by atoms with Crippen LogP contribution in [0.4, 0.5) is 0 Å². The van der Waals surface area contributed by atoms with Gasteiger partial charge in [0, 0.05) is 17.1 Å². The number of nitrogens with zero attached hydrogens (tertiary/aromatic N) is 4. The van der Waals surface area contributed by atoms with Crippen molar-refractivity contribution in [1.29, 1.82) is 0 Å². The predicted molar refractivity (Wildman–Crippen MR) is 94.9 cm³/mol. The molecule has 4 rings (SSSR count). The number of rotatable bonds is 3. The normalized spacial score (nSPS) is 11.6. The second-order valence-corrected chi connectivity index (χ2v) is 5.51. The Kier molecular flexibility index (Phi) is 3.46.